The maximum Gasteiger partial charge on any atom is 0.294 e. The first-order chi connectivity index (χ1) is 12.5. The molecule has 0 spiro atoms. The number of benzene rings is 1. The molecule has 6 nitrogen and oxygen atoms in total. The highest BCUT2D eigenvalue weighted by molar-refractivity contribution is 5.53. The quantitative estimate of drug-likeness (QED) is 0.570. The van der Waals surface area contributed by atoms with Gasteiger partial charge in [-0.15, -0.1) is 10.1 Å². The number of phenolic OH excluding ortho intramolecular Hbond substituents is 1. The van der Waals surface area contributed by atoms with Crippen LogP contribution in [0.25, 0.3) is 0 Å². The number of phenols is 1. The van der Waals surface area contributed by atoms with E-state index in [2.05, 4.69) is 40.7 Å². The van der Waals surface area contributed by atoms with Gasteiger partial charge in [-0.25, -0.2) is 0 Å². The molecular weight excluding hydrogens is 346 g/mol. The third-order valence-corrected chi connectivity index (χ3v) is 6.45. The lowest BCUT2D eigenvalue weighted by molar-refractivity contribution is -0.769. The van der Waals surface area contributed by atoms with Gasteiger partial charge in [0.05, 0.1) is 0 Å². The Balaban J connectivity index is 2.02. The average Bonchev–Trinajstić information content (AvgIpc) is 2.52. The van der Waals surface area contributed by atoms with E-state index in [1.165, 1.54) is 0 Å². The van der Waals surface area contributed by atoms with E-state index in [0.29, 0.717) is 18.6 Å². The van der Waals surface area contributed by atoms with Crippen molar-refractivity contribution in [1.29, 1.82) is 0 Å². The van der Waals surface area contributed by atoms with Gasteiger partial charge in [-0.3, -0.25) is 0 Å². The highest BCUT2D eigenvalue weighted by Gasteiger charge is 2.48. The summed E-state index contributed by atoms with van der Waals surface area (Å²) in [6.45, 7) is 10.7. The predicted molar refractivity (Wildman–Crippen MR) is 103 cm³/mol. The van der Waals surface area contributed by atoms with Gasteiger partial charge in [-0.2, -0.15) is 0 Å². The maximum atomic E-state index is 10.9. The van der Waals surface area contributed by atoms with Crippen LogP contribution in [-0.4, -0.2) is 21.9 Å². The summed E-state index contributed by atoms with van der Waals surface area (Å²) < 4.78 is 6.37. The molecule has 1 aliphatic carbocycles. The Hall–Kier alpha value is -1.98. The Morgan fingerprint density at radius 2 is 2.07 bits per heavy atom. The highest BCUT2D eigenvalue weighted by atomic mass is 17.0. The van der Waals surface area contributed by atoms with Crippen molar-refractivity contribution in [2.24, 2.45) is 5.92 Å². The SMILES string of the molecule is CCCC(C)(C)c1cc(O)c2c(c1)OC(C)(C)C1CCC(O[N+](=O)[O-])CC21. The molecule has 0 aromatic heterocycles. The Kier molecular flexibility index (Phi) is 5.04. The van der Waals surface area contributed by atoms with Gasteiger partial charge < -0.3 is 14.7 Å². The van der Waals surface area contributed by atoms with Gasteiger partial charge in [-0.05, 0) is 68.6 Å². The minimum Gasteiger partial charge on any atom is -0.508 e. The van der Waals surface area contributed by atoms with Gasteiger partial charge in [0.1, 0.15) is 23.2 Å². The fourth-order valence-corrected chi connectivity index (χ4v) is 5.09. The molecule has 1 saturated carbocycles. The van der Waals surface area contributed by atoms with Crippen LogP contribution in [0.15, 0.2) is 12.1 Å². The number of aromatic hydroxyl groups is 1. The van der Waals surface area contributed by atoms with Crippen LogP contribution in [0.2, 0.25) is 0 Å². The number of ether oxygens (including phenoxy) is 1. The van der Waals surface area contributed by atoms with Crippen molar-refractivity contribution < 1.29 is 19.8 Å². The van der Waals surface area contributed by atoms with Crippen LogP contribution in [0.5, 0.6) is 11.5 Å². The van der Waals surface area contributed by atoms with Gasteiger partial charge >= 0.3 is 0 Å². The highest BCUT2D eigenvalue weighted by Crippen LogP contribution is 2.55. The van der Waals surface area contributed by atoms with Crippen LogP contribution in [0.1, 0.15) is 83.8 Å². The molecule has 27 heavy (non-hydrogen) atoms. The van der Waals surface area contributed by atoms with E-state index in [1.807, 2.05) is 6.07 Å². The molecule has 0 saturated heterocycles. The molecule has 1 aromatic carbocycles. The number of hydrogen-bond acceptors (Lipinski definition) is 5. The van der Waals surface area contributed by atoms with E-state index in [4.69, 9.17) is 9.57 Å². The van der Waals surface area contributed by atoms with E-state index >= 15 is 0 Å². The second kappa shape index (κ2) is 6.88. The van der Waals surface area contributed by atoms with Crippen LogP contribution in [0, 0.1) is 16.0 Å². The van der Waals surface area contributed by atoms with Crippen molar-refractivity contribution in [3.63, 3.8) is 0 Å². The summed E-state index contributed by atoms with van der Waals surface area (Å²) in [7, 11) is 0. The summed E-state index contributed by atoms with van der Waals surface area (Å²) in [6, 6.07) is 3.91. The van der Waals surface area contributed by atoms with Crippen LogP contribution in [-0.2, 0) is 10.3 Å². The molecule has 1 aliphatic heterocycles. The van der Waals surface area contributed by atoms with Crippen molar-refractivity contribution in [2.75, 3.05) is 0 Å². The molecule has 150 valence electrons. The van der Waals surface area contributed by atoms with E-state index < -0.39 is 16.8 Å². The minimum absolute atomic E-state index is 0.00853. The molecule has 3 unspecified atom stereocenters. The first-order valence-corrected chi connectivity index (χ1v) is 9.92. The Morgan fingerprint density at radius 3 is 2.70 bits per heavy atom. The molecular formula is C21H31NO5. The molecule has 3 atom stereocenters. The van der Waals surface area contributed by atoms with Crippen molar-refractivity contribution >= 4 is 0 Å². The number of rotatable bonds is 5. The van der Waals surface area contributed by atoms with Crippen LogP contribution in [0.4, 0.5) is 0 Å². The monoisotopic (exact) mass is 377 g/mol. The first-order valence-electron chi connectivity index (χ1n) is 9.92. The zero-order valence-electron chi connectivity index (χ0n) is 16.9. The lowest BCUT2D eigenvalue weighted by Gasteiger charge is -2.49. The zero-order chi connectivity index (χ0) is 20.0. The molecule has 1 aromatic rings. The van der Waals surface area contributed by atoms with Crippen LogP contribution < -0.4 is 4.74 Å². The average molecular weight is 377 g/mol. The van der Waals surface area contributed by atoms with E-state index in [-0.39, 0.29) is 23.0 Å². The van der Waals surface area contributed by atoms with Gasteiger partial charge in [0.15, 0.2) is 0 Å². The largest absolute Gasteiger partial charge is 0.508 e. The zero-order valence-corrected chi connectivity index (χ0v) is 16.9. The van der Waals surface area contributed by atoms with Gasteiger partial charge in [0.2, 0.25) is 0 Å². The second-order valence-corrected chi connectivity index (χ2v) is 9.22. The third kappa shape index (κ3) is 3.71. The Bertz CT molecular complexity index is 728. The van der Waals surface area contributed by atoms with E-state index in [0.717, 1.165) is 30.4 Å². The van der Waals surface area contributed by atoms with Crippen molar-refractivity contribution in [3.05, 3.63) is 33.4 Å². The van der Waals surface area contributed by atoms with Gasteiger partial charge in [0.25, 0.3) is 5.09 Å². The molecule has 1 heterocycles. The summed E-state index contributed by atoms with van der Waals surface area (Å²) in [6.07, 6.45) is 3.57. The number of nitrogens with zero attached hydrogens (tertiary/aromatic N) is 1. The first kappa shape index (κ1) is 19.8. The topological polar surface area (TPSA) is 81.8 Å². The summed E-state index contributed by atoms with van der Waals surface area (Å²) in [5.74, 6) is 1.13. The van der Waals surface area contributed by atoms with Crippen molar-refractivity contribution in [2.45, 2.75) is 89.8 Å². The molecule has 0 radical (unpaired) electrons. The summed E-state index contributed by atoms with van der Waals surface area (Å²) >= 11 is 0. The normalized spacial score (nSPS) is 26.5. The minimum atomic E-state index is -0.702. The van der Waals surface area contributed by atoms with Gasteiger partial charge in [-0.1, -0.05) is 27.2 Å². The fourth-order valence-electron chi connectivity index (χ4n) is 5.09. The molecule has 2 aliphatic rings. The van der Waals surface area contributed by atoms with Gasteiger partial charge in [0, 0.05) is 11.5 Å². The fraction of sp³-hybridized carbons (Fsp3) is 0.714. The van der Waals surface area contributed by atoms with Crippen LogP contribution in [0.3, 0.4) is 0 Å². The molecule has 0 amide bonds. The van der Waals surface area contributed by atoms with Crippen molar-refractivity contribution in [3.8, 4) is 11.5 Å². The summed E-state index contributed by atoms with van der Waals surface area (Å²) in [5, 5.41) is 21.0. The van der Waals surface area contributed by atoms with E-state index in [9.17, 15) is 15.2 Å². The molecule has 3 rings (SSSR count). The molecule has 1 fully saturated rings. The number of fused-ring (bicyclic) bond motifs is 3. The lowest BCUT2D eigenvalue weighted by Crippen LogP contribution is -2.48. The Labute approximate surface area is 161 Å². The van der Waals surface area contributed by atoms with Crippen LogP contribution >= 0.6 is 0 Å². The number of hydrogen-bond donors (Lipinski definition) is 1. The maximum absolute atomic E-state index is 10.9. The third-order valence-electron chi connectivity index (χ3n) is 6.45. The standard InChI is InChI=1S/C21H31NO5/c1-6-9-20(2,3)13-10-17(23)19-15-12-14(27-22(24)25)7-8-16(15)21(4,5)26-18(19)11-13/h10-11,14-16,23H,6-9,12H2,1-5H3. The molecule has 1 N–H and O–H groups in total. The lowest BCUT2D eigenvalue weighted by atomic mass is 9.65. The molecule has 6 heteroatoms. The predicted octanol–water partition coefficient (Wildman–Crippen LogP) is 5.10. The summed E-state index contributed by atoms with van der Waals surface area (Å²) in [4.78, 5) is 15.7. The van der Waals surface area contributed by atoms with E-state index in [1.54, 1.807) is 0 Å². The van der Waals surface area contributed by atoms with Crippen molar-refractivity contribution in [1.82, 2.24) is 0 Å². The smallest absolute Gasteiger partial charge is 0.294 e. The molecule has 0 bridgehead atoms. The Morgan fingerprint density at radius 1 is 1.37 bits per heavy atom. The summed E-state index contributed by atoms with van der Waals surface area (Å²) in [5.41, 5.74) is 1.39. The second-order valence-electron chi connectivity index (χ2n) is 9.22.